The highest BCUT2D eigenvalue weighted by Gasteiger charge is 2.09. The maximum atomic E-state index is 12.3. The molecule has 0 aromatic heterocycles. The van der Waals surface area contributed by atoms with Crippen LogP contribution in [0.1, 0.15) is 11.1 Å². The number of methoxy groups -OCH3 is 1. The van der Waals surface area contributed by atoms with Crippen LogP contribution in [0, 0.1) is 6.92 Å². The fourth-order valence-corrected chi connectivity index (χ4v) is 3.01. The van der Waals surface area contributed by atoms with Crippen LogP contribution in [-0.2, 0) is 11.3 Å². The third kappa shape index (κ3) is 4.41. The smallest absolute Gasteiger partial charge is 0.238 e. The molecule has 0 saturated heterocycles. The molecular weight excluding hydrogens is 324 g/mol. The van der Waals surface area contributed by atoms with Gasteiger partial charge in [-0.2, -0.15) is 0 Å². The number of rotatable bonds is 6. The van der Waals surface area contributed by atoms with Crippen molar-refractivity contribution in [3.8, 4) is 5.75 Å². The van der Waals surface area contributed by atoms with Gasteiger partial charge in [-0.3, -0.25) is 9.69 Å². The van der Waals surface area contributed by atoms with Gasteiger partial charge in [0.15, 0.2) is 0 Å². The van der Waals surface area contributed by atoms with Crippen LogP contribution in [0.3, 0.4) is 0 Å². The molecule has 0 fully saturated rings. The summed E-state index contributed by atoms with van der Waals surface area (Å²) in [5, 5.41) is 5.29. The lowest BCUT2D eigenvalue weighted by molar-refractivity contribution is -0.117. The lowest BCUT2D eigenvalue weighted by Crippen LogP contribution is -2.30. The zero-order chi connectivity index (χ0) is 18.5. The summed E-state index contributed by atoms with van der Waals surface area (Å²) < 4.78 is 5.27. The van der Waals surface area contributed by atoms with E-state index in [1.54, 1.807) is 7.11 Å². The van der Waals surface area contributed by atoms with Crippen molar-refractivity contribution in [3.05, 3.63) is 71.8 Å². The maximum Gasteiger partial charge on any atom is 0.238 e. The number of nitrogens with one attached hydrogen (secondary N) is 1. The number of carbonyl (C=O) groups excluding carboxylic acids is 1. The van der Waals surface area contributed by atoms with Gasteiger partial charge in [0, 0.05) is 12.2 Å². The fraction of sp³-hybridized carbons (Fsp3) is 0.227. The van der Waals surface area contributed by atoms with E-state index in [9.17, 15) is 4.79 Å². The van der Waals surface area contributed by atoms with Crippen molar-refractivity contribution >= 4 is 22.4 Å². The zero-order valence-corrected chi connectivity index (χ0v) is 15.5. The van der Waals surface area contributed by atoms with Crippen molar-refractivity contribution in [3.63, 3.8) is 0 Å². The largest absolute Gasteiger partial charge is 0.497 e. The van der Waals surface area contributed by atoms with E-state index >= 15 is 0 Å². The van der Waals surface area contributed by atoms with Gasteiger partial charge in [-0.05, 0) is 60.1 Å². The summed E-state index contributed by atoms with van der Waals surface area (Å²) in [6.07, 6.45) is 0. The van der Waals surface area contributed by atoms with Crippen LogP contribution in [0.15, 0.2) is 60.7 Å². The van der Waals surface area contributed by atoms with Gasteiger partial charge in [-0.1, -0.05) is 36.4 Å². The van der Waals surface area contributed by atoms with Gasteiger partial charge >= 0.3 is 0 Å². The Morgan fingerprint density at radius 1 is 1.04 bits per heavy atom. The minimum absolute atomic E-state index is 0.00711. The Hall–Kier alpha value is -2.85. The second kappa shape index (κ2) is 8.02. The normalized spacial score (nSPS) is 10.9. The average molecular weight is 348 g/mol. The van der Waals surface area contributed by atoms with Crippen LogP contribution in [0.2, 0.25) is 0 Å². The van der Waals surface area contributed by atoms with Gasteiger partial charge in [-0.15, -0.1) is 0 Å². The highest BCUT2D eigenvalue weighted by atomic mass is 16.5. The SMILES string of the molecule is COc1ccc2cc(CN(C)CC(=O)Nc3ccccc3C)ccc2c1. The van der Waals surface area contributed by atoms with E-state index in [-0.39, 0.29) is 5.91 Å². The Balaban J connectivity index is 1.62. The van der Waals surface area contributed by atoms with E-state index in [0.29, 0.717) is 13.1 Å². The van der Waals surface area contributed by atoms with Gasteiger partial charge in [-0.25, -0.2) is 0 Å². The minimum Gasteiger partial charge on any atom is -0.497 e. The molecule has 0 aliphatic heterocycles. The van der Waals surface area contributed by atoms with Crippen LogP contribution in [0.25, 0.3) is 10.8 Å². The fourth-order valence-electron chi connectivity index (χ4n) is 3.01. The number of ether oxygens (including phenoxy) is 1. The van der Waals surface area contributed by atoms with E-state index in [1.807, 2.05) is 55.3 Å². The summed E-state index contributed by atoms with van der Waals surface area (Å²) in [6, 6.07) is 20.2. The van der Waals surface area contributed by atoms with Crippen LogP contribution < -0.4 is 10.1 Å². The summed E-state index contributed by atoms with van der Waals surface area (Å²) in [6.45, 7) is 3.04. The molecule has 0 heterocycles. The number of para-hydroxylation sites is 1. The number of hydrogen-bond donors (Lipinski definition) is 1. The first kappa shape index (κ1) is 18.0. The molecule has 0 atom stereocenters. The van der Waals surface area contributed by atoms with E-state index in [2.05, 4.69) is 29.6 Å². The van der Waals surface area contributed by atoms with E-state index in [0.717, 1.165) is 22.4 Å². The predicted octanol–water partition coefficient (Wildman–Crippen LogP) is 4.23. The Morgan fingerprint density at radius 2 is 1.77 bits per heavy atom. The van der Waals surface area contributed by atoms with Gasteiger partial charge in [0.2, 0.25) is 5.91 Å². The summed E-state index contributed by atoms with van der Waals surface area (Å²) in [5.74, 6) is 0.850. The molecule has 134 valence electrons. The van der Waals surface area contributed by atoms with Crippen LogP contribution in [0.4, 0.5) is 5.69 Å². The van der Waals surface area contributed by atoms with Gasteiger partial charge in [0.25, 0.3) is 0 Å². The molecule has 0 aliphatic rings. The second-order valence-corrected chi connectivity index (χ2v) is 6.58. The Bertz CT molecular complexity index is 921. The number of fused-ring (bicyclic) bond motifs is 1. The first-order chi connectivity index (χ1) is 12.5. The molecule has 3 aromatic carbocycles. The molecule has 0 bridgehead atoms. The molecule has 1 amide bonds. The number of aryl methyl sites for hydroxylation is 1. The standard InChI is InChI=1S/C22H24N2O2/c1-16-6-4-5-7-21(16)23-22(25)15-24(2)14-17-8-9-19-13-20(26-3)11-10-18(19)12-17/h4-13H,14-15H2,1-3H3,(H,23,25). The van der Waals surface area contributed by atoms with Crippen molar-refractivity contribution in [1.29, 1.82) is 0 Å². The lowest BCUT2D eigenvalue weighted by atomic mass is 10.1. The monoisotopic (exact) mass is 348 g/mol. The molecule has 0 radical (unpaired) electrons. The van der Waals surface area contributed by atoms with Crippen molar-refractivity contribution in [2.75, 3.05) is 26.0 Å². The summed E-state index contributed by atoms with van der Waals surface area (Å²) in [4.78, 5) is 14.3. The number of nitrogens with zero attached hydrogens (tertiary/aromatic N) is 1. The van der Waals surface area contributed by atoms with E-state index in [4.69, 9.17) is 4.74 Å². The lowest BCUT2D eigenvalue weighted by Gasteiger charge is -2.17. The highest BCUT2D eigenvalue weighted by Crippen LogP contribution is 2.22. The average Bonchev–Trinajstić information content (AvgIpc) is 2.63. The summed E-state index contributed by atoms with van der Waals surface area (Å²) >= 11 is 0. The third-order valence-corrected chi connectivity index (χ3v) is 4.40. The first-order valence-electron chi connectivity index (χ1n) is 8.66. The number of carbonyl (C=O) groups is 1. The van der Waals surface area contributed by atoms with E-state index < -0.39 is 0 Å². The summed E-state index contributed by atoms with van der Waals surface area (Å²) in [7, 11) is 3.63. The number of benzene rings is 3. The van der Waals surface area contributed by atoms with E-state index in [1.165, 1.54) is 10.9 Å². The molecule has 4 nitrogen and oxygen atoms in total. The van der Waals surface area contributed by atoms with Gasteiger partial charge < -0.3 is 10.1 Å². The number of amides is 1. The molecule has 0 saturated carbocycles. The molecule has 0 unspecified atom stereocenters. The quantitative estimate of drug-likeness (QED) is 0.725. The predicted molar refractivity (Wildman–Crippen MR) is 107 cm³/mol. The Labute approximate surface area is 154 Å². The molecule has 0 aliphatic carbocycles. The molecule has 26 heavy (non-hydrogen) atoms. The van der Waals surface area contributed by atoms with Crippen LogP contribution >= 0.6 is 0 Å². The minimum atomic E-state index is -0.00711. The third-order valence-electron chi connectivity index (χ3n) is 4.40. The van der Waals surface area contributed by atoms with Crippen LogP contribution in [0.5, 0.6) is 5.75 Å². The second-order valence-electron chi connectivity index (χ2n) is 6.58. The molecule has 3 rings (SSSR count). The van der Waals surface area contributed by atoms with Crippen molar-refractivity contribution in [1.82, 2.24) is 4.90 Å². The molecule has 4 heteroatoms. The van der Waals surface area contributed by atoms with Crippen molar-refractivity contribution in [2.24, 2.45) is 0 Å². The molecule has 3 aromatic rings. The molecule has 0 spiro atoms. The summed E-state index contributed by atoms with van der Waals surface area (Å²) in [5.41, 5.74) is 3.10. The van der Waals surface area contributed by atoms with Crippen molar-refractivity contribution in [2.45, 2.75) is 13.5 Å². The van der Waals surface area contributed by atoms with Gasteiger partial charge in [0.05, 0.1) is 13.7 Å². The molecule has 1 N–H and O–H groups in total. The Kier molecular flexibility index (Phi) is 5.54. The number of likely N-dealkylation sites (N-methyl/N-ethyl adjacent to an activating group) is 1. The van der Waals surface area contributed by atoms with Gasteiger partial charge in [0.1, 0.15) is 5.75 Å². The van der Waals surface area contributed by atoms with Crippen LogP contribution in [-0.4, -0.2) is 31.5 Å². The van der Waals surface area contributed by atoms with Crippen molar-refractivity contribution < 1.29 is 9.53 Å². The topological polar surface area (TPSA) is 41.6 Å². The Morgan fingerprint density at radius 3 is 2.54 bits per heavy atom. The zero-order valence-electron chi connectivity index (χ0n) is 15.5. The molecular formula is C22H24N2O2. The maximum absolute atomic E-state index is 12.3. The number of anilines is 1. The highest BCUT2D eigenvalue weighted by molar-refractivity contribution is 5.93. The number of hydrogen-bond acceptors (Lipinski definition) is 3. The first-order valence-corrected chi connectivity index (χ1v) is 8.66.